The van der Waals surface area contributed by atoms with E-state index in [-0.39, 0.29) is 11.7 Å². The minimum Gasteiger partial charge on any atom is -0.381 e. The largest absolute Gasteiger partial charge is 0.381 e. The van der Waals surface area contributed by atoms with Crippen molar-refractivity contribution in [2.45, 2.75) is 25.0 Å². The molecule has 2 atom stereocenters. The topological polar surface area (TPSA) is 55.4 Å². The van der Waals surface area contributed by atoms with Crippen molar-refractivity contribution in [2.75, 3.05) is 19.8 Å². The Labute approximate surface area is 119 Å². The van der Waals surface area contributed by atoms with Gasteiger partial charge in [0.05, 0.1) is 11.9 Å². The zero-order valence-electron chi connectivity index (χ0n) is 11.5. The molecule has 1 saturated heterocycles. The van der Waals surface area contributed by atoms with Gasteiger partial charge in [-0.2, -0.15) is 0 Å². The zero-order valence-corrected chi connectivity index (χ0v) is 12.3. The second kappa shape index (κ2) is 6.65. The maximum atomic E-state index is 13.2. The van der Waals surface area contributed by atoms with Crippen molar-refractivity contribution in [1.82, 2.24) is 4.72 Å². The maximum Gasteiger partial charge on any atom is 0.214 e. The van der Waals surface area contributed by atoms with Crippen molar-refractivity contribution in [3.8, 4) is 0 Å². The Balaban J connectivity index is 2.15. The summed E-state index contributed by atoms with van der Waals surface area (Å²) in [5, 5.41) is -0.473. The predicted molar refractivity (Wildman–Crippen MR) is 75.4 cm³/mol. The quantitative estimate of drug-likeness (QED) is 0.901. The Morgan fingerprint density at radius 1 is 1.45 bits per heavy atom. The van der Waals surface area contributed by atoms with Crippen LogP contribution >= 0.6 is 0 Å². The second-order valence-corrected chi connectivity index (χ2v) is 7.02. The van der Waals surface area contributed by atoms with E-state index in [1.54, 1.807) is 13.0 Å². The van der Waals surface area contributed by atoms with Gasteiger partial charge >= 0.3 is 0 Å². The molecule has 0 saturated carbocycles. The van der Waals surface area contributed by atoms with Crippen LogP contribution in [0.25, 0.3) is 0 Å². The highest BCUT2D eigenvalue weighted by molar-refractivity contribution is 7.90. The Hall–Kier alpha value is -0.980. The summed E-state index contributed by atoms with van der Waals surface area (Å²) >= 11 is 0. The van der Waals surface area contributed by atoms with Gasteiger partial charge in [0, 0.05) is 19.1 Å². The zero-order chi connectivity index (χ0) is 14.6. The van der Waals surface area contributed by atoms with Crippen LogP contribution in [0.4, 0.5) is 4.39 Å². The third-order valence-electron chi connectivity index (χ3n) is 3.54. The molecule has 0 aromatic heterocycles. The Bertz CT molecular complexity index is 547. The first-order chi connectivity index (χ1) is 9.53. The molecule has 1 aromatic rings. The molecule has 2 unspecified atom stereocenters. The first kappa shape index (κ1) is 15.4. The lowest BCUT2D eigenvalue weighted by Gasteiger charge is -2.31. The number of ether oxygens (including phenoxy) is 1. The number of sulfonamides is 1. The van der Waals surface area contributed by atoms with Gasteiger partial charge in [0.15, 0.2) is 0 Å². The highest BCUT2D eigenvalue weighted by atomic mass is 32.2. The first-order valence-corrected chi connectivity index (χ1v) is 8.38. The molecule has 1 fully saturated rings. The van der Waals surface area contributed by atoms with Crippen LogP contribution in [0.3, 0.4) is 0 Å². The molecule has 0 aliphatic carbocycles. The van der Waals surface area contributed by atoms with Gasteiger partial charge in [-0.3, -0.25) is 0 Å². The van der Waals surface area contributed by atoms with Crippen LogP contribution in [0.15, 0.2) is 24.3 Å². The molecule has 1 N–H and O–H groups in total. The summed E-state index contributed by atoms with van der Waals surface area (Å²) in [5.74, 6) is -0.445. The second-order valence-electron chi connectivity index (χ2n) is 5.04. The number of benzene rings is 1. The lowest BCUT2D eigenvalue weighted by molar-refractivity contribution is 0.0570. The summed E-state index contributed by atoms with van der Waals surface area (Å²) in [6, 6.07) is 6.29. The fraction of sp³-hybridized carbons (Fsp3) is 0.571. The average Bonchev–Trinajstić information content (AvgIpc) is 2.39. The lowest BCUT2D eigenvalue weighted by atomic mass is 9.93. The minimum absolute atomic E-state index is 0.144. The maximum absolute atomic E-state index is 13.2. The highest BCUT2D eigenvalue weighted by Gasteiger charge is 2.35. The summed E-state index contributed by atoms with van der Waals surface area (Å²) in [6.45, 7) is 2.99. The number of hydrogen-bond donors (Lipinski definition) is 1. The average molecular weight is 301 g/mol. The molecule has 6 heteroatoms. The first-order valence-electron chi connectivity index (χ1n) is 6.83. The van der Waals surface area contributed by atoms with Gasteiger partial charge in [0.25, 0.3) is 0 Å². The molecule has 20 heavy (non-hydrogen) atoms. The molecular weight excluding hydrogens is 281 g/mol. The fourth-order valence-electron chi connectivity index (χ4n) is 2.65. The SMILES string of the molecule is CCNS(=O)(=O)C1CCOCC1Cc1cccc(F)c1. The fourth-order valence-corrected chi connectivity index (χ4v) is 4.36. The molecule has 1 aromatic carbocycles. The number of rotatable bonds is 5. The molecule has 0 spiro atoms. The van der Waals surface area contributed by atoms with Gasteiger partial charge in [0.2, 0.25) is 10.0 Å². The Morgan fingerprint density at radius 2 is 2.25 bits per heavy atom. The molecule has 0 radical (unpaired) electrons. The van der Waals surface area contributed by atoms with Crippen LogP contribution in [0, 0.1) is 11.7 Å². The van der Waals surface area contributed by atoms with E-state index < -0.39 is 15.3 Å². The van der Waals surface area contributed by atoms with Crippen LogP contribution in [0.5, 0.6) is 0 Å². The molecule has 1 aliphatic rings. The molecule has 1 heterocycles. The third kappa shape index (κ3) is 3.77. The predicted octanol–water partition coefficient (Wildman–Crippen LogP) is 1.71. The van der Waals surface area contributed by atoms with E-state index in [2.05, 4.69) is 4.72 Å². The van der Waals surface area contributed by atoms with Crippen LogP contribution in [0.1, 0.15) is 18.9 Å². The van der Waals surface area contributed by atoms with Crippen molar-refractivity contribution in [3.63, 3.8) is 0 Å². The molecule has 4 nitrogen and oxygen atoms in total. The Morgan fingerprint density at radius 3 is 2.95 bits per heavy atom. The number of halogens is 1. The van der Waals surface area contributed by atoms with Crippen LogP contribution < -0.4 is 4.72 Å². The van der Waals surface area contributed by atoms with Crippen LogP contribution in [-0.4, -0.2) is 33.4 Å². The van der Waals surface area contributed by atoms with Gasteiger partial charge in [-0.15, -0.1) is 0 Å². The van der Waals surface area contributed by atoms with E-state index in [4.69, 9.17) is 4.74 Å². The van der Waals surface area contributed by atoms with Crippen molar-refractivity contribution >= 4 is 10.0 Å². The smallest absolute Gasteiger partial charge is 0.214 e. The van der Waals surface area contributed by atoms with E-state index in [0.717, 1.165) is 5.56 Å². The summed E-state index contributed by atoms with van der Waals surface area (Å²) in [6.07, 6.45) is 0.988. The van der Waals surface area contributed by atoms with E-state index in [0.29, 0.717) is 32.6 Å². The monoisotopic (exact) mass is 301 g/mol. The van der Waals surface area contributed by atoms with Crippen molar-refractivity contribution in [1.29, 1.82) is 0 Å². The summed E-state index contributed by atoms with van der Waals surface area (Å²) < 4.78 is 45.6. The standard InChI is InChI=1S/C14H20FNO3S/c1-2-16-20(17,18)14-6-7-19-10-12(14)8-11-4-3-5-13(15)9-11/h3-5,9,12,14,16H,2,6-8,10H2,1H3. The van der Waals surface area contributed by atoms with E-state index in [9.17, 15) is 12.8 Å². The van der Waals surface area contributed by atoms with Gasteiger partial charge in [0.1, 0.15) is 5.82 Å². The summed E-state index contributed by atoms with van der Waals surface area (Å²) in [4.78, 5) is 0. The van der Waals surface area contributed by atoms with Crippen molar-refractivity contribution < 1.29 is 17.5 Å². The lowest BCUT2D eigenvalue weighted by Crippen LogP contribution is -2.44. The van der Waals surface area contributed by atoms with Crippen molar-refractivity contribution in [3.05, 3.63) is 35.6 Å². The summed E-state index contributed by atoms with van der Waals surface area (Å²) in [5.41, 5.74) is 0.803. The minimum atomic E-state index is -3.34. The van der Waals surface area contributed by atoms with Gasteiger partial charge < -0.3 is 4.74 Å². The number of nitrogens with one attached hydrogen (secondary N) is 1. The van der Waals surface area contributed by atoms with Crippen molar-refractivity contribution in [2.24, 2.45) is 5.92 Å². The molecule has 2 rings (SSSR count). The molecule has 0 amide bonds. The van der Waals surface area contributed by atoms with Gasteiger partial charge in [-0.1, -0.05) is 19.1 Å². The molecule has 0 bridgehead atoms. The molecule has 112 valence electrons. The number of hydrogen-bond acceptors (Lipinski definition) is 3. The normalized spacial score (nSPS) is 23.7. The summed E-state index contributed by atoms with van der Waals surface area (Å²) in [7, 11) is -3.34. The Kier molecular flexibility index (Phi) is 5.12. The van der Waals surface area contributed by atoms with Crippen LogP contribution in [0.2, 0.25) is 0 Å². The van der Waals surface area contributed by atoms with E-state index in [1.807, 2.05) is 6.07 Å². The molecule has 1 aliphatic heterocycles. The van der Waals surface area contributed by atoms with E-state index >= 15 is 0 Å². The van der Waals surface area contributed by atoms with Gasteiger partial charge in [-0.05, 0) is 30.5 Å². The van der Waals surface area contributed by atoms with Crippen LogP contribution in [-0.2, 0) is 21.2 Å². The van der Waals surface area contributed by atoms with E-state index in [1.165, 1.54) is 12.1 Å². The highest BCUT2D eigenvalue weighted by Crippen LogP contribution is 2.25. The molecular formula is C14H20FNO3S. The van der Waals surface area contributed by atoms with Gasteiger partial charge in [-0.25, -0.2) is 17.5 Å². The third-order valence-corrected chi connectivity index (χ3v) is 5.64.